The molecule has 108 valence electrons. The van der Waals surface area contributed by atoms with Crippen molar-refractivity contribution in [1.82, 2.24) is 15.2 Å². The molecule has 0 saturated carbocycles. The van der Waals surface area contributed by atoms with Gasteiger partial charge < -0.3 is 10.2 Å². The molecular weight excluding hydrogens is 270 g/mol. The minimum Gasteiger partial charge on any atom is -0.335 e. The Labute approximate surface area is 123 Å². The fourth-order valence-corrected chi connectivity index (χ4v) is 2.96. The van der Waals surface area contributed by atoms with Crippen molar-refractivity contribution in [3.63, 3.8) is 0 Å². The van der Waals surface area contributed by atoms with Gasteiger partial charge in [0.2, 0.25) is 0 Å². The van der Waals surface area contributed by atoms with Crippen LogP contribution in [-0.4, -0.2) is 35.0 Å². The number of nitrogens with one attached hydrogen (secondary N) is 1. The maximum Gasteiger partial charge on any atom is 0.317 e. The molecule has 0 aliphatic rings. The Morgan fingerprint density at radius 1 is 1.35 bits per heavy atom. The van der Waals surface area contributed by atoms with Crippen molar-refractivity contribution in [2.75, 3.05) is 7.05 Å². The van der Waals surface area contributed by atoms with E-state index in [0.29, 0.717) is 0 Å². The monoisotopic (exact) mass is 291 g/mol. The van der Waals surface area contributed by atoms with Gasteiger partial charge >= 0.3 is 6.03 Å². The Balaban J connectivity index is 1.97. The Morgan fingerprint density at radius 3 is 2.70 bits per heavy atom. The third-order valence-corrected chi connectivity index (χ3v) is 4.34. The lowest BCUT2D eigenvalue weighted by Crippen LogP contribution is -2.45. The van der Waals surface area contributed by atoms with Crippen LogP contribution in [0.15, 0.2) is 24.3 Å². The zero-order valence-electron chi connectivity index (χ0n) is 12.4. The third-order valence-electron chi connectivity index (χ3n) is 3.28. The van der Waals surface area contributed by atoms with Gasteiger partial charge in [0.1, 0.15) is 0 Å². The molecule has 0 spiro atoms. The SMILES string of the molecule is CC(Cc1nc2ccccc2s1)NC(=O)N(C)C(C)C. The summed E-state index contributed by atoms with van der Waals surface area (Å²) in [6, 6.07) is 8.35. The van der Waals surface area contributed by atoms with Crippen LogP contribution in [0, 0.1) is 0 Å². The number of benzene rings is 1. The van der Waals surface area contributed by atoms with Crippen LogP contribution in [0.5, 0.6) is 0 Å². The van der Waals surface area contributed by atoms with Crippen LogP contribution in [0.4, 0.5) is 4.79 Å². The molecule has 1 heterocycles. The Bertz CT molecular complexity index is 561. The van der Waals surface area contributed by atoms with Gasteiger partial charge in [-0.3, -0.25) is 0 Å². The van der Waals surface area contributed by atoms with Gasteiger partial charge in [0.15, 0.2) is 0 Å². The zero-order chi connectivity index (χ0) is 14.7. The molecule has 0 saturated heterocycles. The largest absolute Gasteiger partial charge is 0.335 e. The summed E-state index contributed by atoms with van der Waals surface area (Å²) < 4.78 is 1.19. The van der Waals surface area contributed by atoms with E-state index in [2.05, 4.69) is 16.4 Å². The van der Waals surface area contributed by atoms with Gasteiger partial charge in [0.05, 0.1) is 15.2 Å². The van der Waals surface area contributed by atoms with Crippen LogP contribution < -0.4 is 5.32 Å². The number of carbonyl (C=O) groups excluding carboxylic acids is 1. The minimum atomic E-state index is -0.0337. The van der Waals surface area contributed by atoms with Crippen LogP contribution in [0.25, 0.3) is 10.2 Å². The number of rotatable bonds is 4. The van der Waals surface area contributed by atoms with Crippen LogP contribution >= 0.6 is 11.3 Å². The van der Waals surface area contributed by atoms with E-state index in [1.54, 1.807) is 16.2 Å². The number of fused-ring (bicyclic) bond motifs is 1. The van der Waals surface area contributed by atoms with Crippen molar-refractivity contribution in [2.45, 2.75) is 39.3 Å². The number of aromatic nitrogens is 1. The molecule has 1 aromatic heterocycles. The molecule has 0 fully saturated rings. The highest BCUT2D eigenvalue weighted by Gasteiger charge is 2.15. The van der Waals surface area contributed by atoms with Gasteiger partial charge in [0.25, 0.3) is 0 Å². The van der Waals surface area contributed by atoms with Gasteiger partial charge in [0, 0.05) is 25.6 Å². The molecular formula is C15H21N3OS. The molecule has 0 bridgehead atoms. The molecule has 0 aliphatic heterocycles. The second-order valence-electron chi connectivity index (χ2n) is 5.33. The summed E-state index contributed by atoms with van der Waals surface area (Å²) in [6.45, 7) is 6.01. The molecule has 1 unspecified atom stereocenters. The van der Waals surface area contributed by atoms with Crippen LogP contribution in [0.3, 0.4) is 0 Å². The van der Waals surface area contributed by atoms with Crippen molar-refractivity contribution in [2.24, 2.45) is 0 Å². The number of thiazole rings is 1. The standard InChI is InChI=1S/C15H21N3OS/c1-10(2)18(4)15(19)16-11(3)9-14-17-12-7-5-6-8-13(12)20-14/h5-8,10-11H,9H2,1-4H3,(H,16,19). The Hall–Kier alpha value is -1.62. The van der Waals surface area contributed by atoms with E-state index in [1.165, 1.54) is 4.70 Å². The number of amides is 2. The molecule has 0 radical (unpaired) electrons. The predicted molar refractivity (Wildman–Crippen MR) is 84.2 cm³/mol. The van der Waals surface area contributed by atoms with E-state index in [0.717, 1.165) is 16.9 Å². The first kappa shape index (κ1) is 14.8. The van der Waals surface area contributed by atoms with Gasteiger partial charge in [-0.1, -0.05) is 12.1 Å². The number of para-hydroxylation sites is 1. The number of urea groups is 1. The molecule has 1 atom stereocenters. The molecule has 0 aliphatic carbocycles. The predicted octanol–water partition coefficient (Wildman–Crippen LogP) is 3.28. The number of hydrogen-bond donors (Lipinski definition) is 1. The highest BCUT2D eigenvalue weighted by atomic mass is 32.1. The van der Waals surface area contributed by atoms with Crippen molar-refractivity contribution in [3.05, 3.63) is 29.3 Å². The molecule has 2 rings (SSSR count). The fourth-order valence-electron chi connectivity index (χ4n) is 1.87. The van der Waals surface area contributed by atoms with Gasteiger partial charge in [-0.25, -0.2) is 9.78 Å². The first-order valence-corrected chi connectivity index (χ1v) is 7.66. The van der Waals surface area contributed by atoms with Crippen molar-refractivity contribution >= 4 is 27.6 Å². The second-order valence-corrected chi connectivity index (χ2v) is 6.45. The van der Waals surface area contributed by atoms with Gasteiger partial charge in [-0.2, -0.15) is 0 Å². The summed E-state index contributed by atoms with van der Waals surface area (Å²) in [4.78, 5) is 18.3. The maximum atomic E-state index is 12.0. The van der Waals surface area contributed by atoms with Crippen LogP contribution in [-0.2, 0) is 6.42 Å². The number of hydrogen-bond acceptors (Lipinski definition) is 3. The summed E-state index contributed by atoms with van der Waals surface area (Å²) in [6.07, 6.45) is 0.761. The van der Waals surface area contributed by atoms with E-state index in [1.807, 2.05) is 46.0 Å². The van der Waals surface area contributed by atoms with Gasteiger partial charge in [-0.05, 0) is 32.9 Å². The number of nitrogens with zero attached hydrogens (tertiary/aromatic N) is 2. The maximum absolute atomic E-state index is 12.0. The molecule has 5 heteroatoms. The quantitative estimate of drug-likeness (QED) is 0.939. The smallest absolute Gasteiger partial charge is 0.317 e. The lowest BCUT2D eigenvalue weighted by Gasteiger charge is -2.24. The van der Waals surface area contributed by atoms with E-state index >= 15 is 0 Å². The normalized spacial score (nSPS) is 12.7. The lowest BCUT2D eigenvalue weighted by atomic mass is 10.2. The lowest BCUT2D eigenvalue weighted by molar-refractivity contribution is 0.194. The van der Waals surface area contributed by atoms with E-state index in [4.69, 9.17) is 0 Å². The molecule has 4 nitrogen and oxygen atoms in total. The number of carbonyl (C=O) groups is 1. The van der Waals surface area contributed by atoms with Crippen molar-refractivity contribution in [1.29, 1.82) is 0 Å². The van der Waals surface area contributed by atoms with Crippen molar-refractivity contribution < 1.29 is 4.79 Å². The van der Waals surface area contributed by atoms with E-state index in [9.17, 15) is 4.79 Å². The average molecular weight is 291 g/mol. The highest BCUT2D eigenvalue weighted by molar-refractivity contribution is 7.18. The van der Waals surface area contributed by atoms with E-state index in [-0.39, 0.29) is 18.1 Å². The van der Waals surface area contributed by atoms with Gasteiger partial charge in [-0.15, -0.1) is 11.3 Å². The Kier molecular flexibility index (Phi) is 4.60. The van der Waals surface area contributed by atoms with Crippen LogP contribution in [0.1, 0.15) is 25.8 Å². The molecule has 2 aromatic rings. The fraction of sp³-hybridized carbons (Fsp3) is 0.467. The molecule has 1 aromatic carbocycles. The molecule has 20 heavy (non-hydrogen) atoms. The Morgan fingerprint density at radius 2 is 2.05 bits per heavy atom. The third kappa shape index (κ3) is 3.48. The summed E-state index contributed by atoms with van der Waals surface area (Å²) in [7, 11) is 1.81. The van der Waals surface area contributed by atoms with Crippen molar-refractivity contribution in [3.8, 4) is 0 Å². The molecule has 1 N–H and O–H groups in total. The highest BCUT2D eigenvalue weighted by Crippen LogP contribution is 2.22. The first-order chi connectivity index (χ1) is 9.47. The van der Waals surface area contributed by atoms with E-state index < -0.39 is 0 Å². The average Bonchev–Trinajstić information content (AvgIpc) is 2.79. The molecule has 2 amide bonds. The van der Waals surface area contributed by atoms with Crippen LogP contribution in [0.2, 0.25) is 0 Å². The summed E-state index contributed by atoms with van der Waals surface area (Å²) >= 11 is 1.69. The summed E-state index contributed by atoms with van der Waals surface area (Å²) in [5.74, 6) is 0. The second kappa shape index (κ2) is 6.22. The minimum absolute atomic E-state index is 0.0337. The first-order valence-electron chi connectivity index (χ1n) is 6.85. The topological polar surface area (TPSA) is 45.2 Å². The summed E-state index contributed by atoms with van der Waals surface area (Å²) in [5.41, 5.74) is 1.03. The summed E-state index contributed by atoms with van der Waals surface area (Å²) in [5, 5.41) is 4.07. The zero-order valence-corrected chi connectivity index (χ0v) is 13.2.